The van der Waals surface area contributed by atoms with Crippen molar-refractivity contribution in [1.29, 1.82) is 0 Å². The molecule has 21 heavy (non-hydrogen) atoms. The fraction of sp³-hybridized carbons (Fsp3) is 0.133. The second-order valence-electron chi connectivity index (χ2n) is 4.14. The van der Waals surface area contributed by atoms with E-state index >= 15 is 0 Å². The maximum absolute atomic E-state index is 10.9. The van der Waals surface area contributed by atoms with Gasteiger partial charge in [-0.15, -0.1) is 0 Å². The fourth-order valence-corrected chi connectivity index (χ4v) is 2.15. The van der Waals surface area contributed by atoms with Gasteiger partial charge in [0.1, 0.15) is 19.0 Å². The van der Waals surface area contributed by atoms with Crippen LogP contribution >= 0.6 is 23.2 Å². The smallest absolute Gasteiger partial charge is 0.248 e. The first kappa shape index (κ1) is 15.5. The number of rotatable bonds is 6. The van der Waals surface area contributed by atoms with E-state index in [1.54, 1.807) is 42.5 Å². The van der Waals surface area contributed by atoms with E-state index in [1.807, 2.05) is 0 Å². The average molecular weight is 326 g/mol. The lowest BCUT2D eigenvalue weighted by Crippen LogP contribution is -2.11. The van der Waals surface area contributed by atoms with E-state index in [0.29, 0.717) is 40.3 Å². The van der Waals surface area contributed by atoms with Crippen LogP contribution in [-0.4, -0.2) is 19.1 Å². The van der Waals surface area contributed by atoms with Gasteiger partial charge in [0.25, 0.3) is 0 Å². The van der Waals surface area contributed by atoms with Crippen LogP contribution < -0.4 is 15.2 Å². The lowest BCUT2D eigenvalue weighted by molar-refractivity contribution is 0.1000. The van der Waals surface area contributed by atoms with Crippen LogP contribution in [0.5, 0.6) is 11.5 Å². The standard InChI is InChI=1S/C15H13Cl2NO3/c16-12-2-1-3-13(17)14(12)21-9-8-20-11-6-4-10(5-7-11)15(18)19/h1-7H,8-9H2,(H2,18,19). The minimum Gasteiger partial charge on any atom is -0.490 e. The fourth-order valence-electron chi connectivity index (χ4n) is 1.64. The van der Waals surface area contributed by atoms with Crippen LogP contribution in [-0.2, 0) is 0 Å². The van der Waals surface area contributed by atoms with Gasteiger partial charge >= 0.3 is 0 Å². The van der Waals surface area contributed by atoms with Crippen molar-refractivity contribution in [3.05, 3.63) is 58.1 Å². The Balaban J connectivity index is 1.83. The maximum Gasteiger partial charge on any atom is 0.248 e. The number of hydrogen-bond donors (Lipinski definition) is 1. The predicted octanol–water partition coefficient (Wildman–Crippen LogP) is 3.55. The SMILES string of the molecule is NC(=O)c1ccc(OCCOc2c(Cl)cccc2Cl)cc1. The molecule has 2 rings (SSSR count). The summed E-state index contributed by atoms with van der Waals surface area (Å²) in [6.07, 6.45) is 0. The van der Waals surface area contributed by atoms with Crippen molar-refractivity contribution in [2.45, 2.75) is 0 Å². The summed E-state index contributed by atoms with van der Waals surface area (Å²) >= 11 is 12.0. The lowest BCUT2D eigenvalue weighted by Gasteiger charge is -2.10. The zero-order valence-electron chi connectivity index (χ0n) is 11.0. The van der Waals surface area contributed by atoms with Crippen LogP contribution in [0.1, 0.15) is 10.4 Å². The number of halogens is 2. The predicted molar refractivity (Wildman–Crippen MR) is 82.4 cm³/mol. The molecule has 0 spiro atoms. The van der Waals surface area contributed by atoms with Gasteiger partial charge in [-0.3, -0.25) is 4.79 Å². The normalized spacial score (nSPS) is 10.2. The molecule has 6 heteroatoms. The van der Waals surface area contributed by atoms with Crippen molar-refractivity contribution in [2.75, 3.05) is 13.2 Å². The zero-order chi connectivity index (χ0) is 15.2. The topological polar surface area (TPSA) is 61.6 Å². The second-order valence-corrected chi connectivity index (χ2v) is 4.95. The first-order chi connectivity index (χ1) is 10.1. The molecule has 0 aliphatic rings. The van der Waals surface area contributed by atoms with Crippen molar-refractivity contribution in [2.24, 2.45) is 5.73 Å². The van der Waals surface area contributed by atoms with Crippen LogP contribution in [0, 0.1) is 0 Å². The monoisotopic (exact) mass is 325 g/mol. The molecule has 0 radical (unpaired) electrons. The Morgan fingerprint density at radius 1 is 0.952 bits per heavy atom. The summed E-state index contributed by atoms with van der Waals surface area (Å²) in [6.45, 7) is 0.610. The van der Waals surface area contributed by atoms with E-state index in [2.05, 4.69) is 0 Å². The van der Waals surface area contributed by atoms with Crippen LogP contribution in [0.3, 0.4) is 0 Å². The summed E-state index contributed by atoms with van der Waals surface area (Å²) in [6, 6.07) is 11.7. The van der Waals surface area contributed by atoms with Gasteiger partial charge < -0.3 is 15.2 Å². The Morgan fingerprint density at radius 3 is 2.10 bits per heavy atom. The molecule has 0 saturated heterocycles. The number of ether oxygens (including phenoxy) is 2. The Labute approximate surface area is 132 Å². The van der Waals surface area contributed by atoms with Crippen molar-refractivity contribution in [1.82, 2.24) is 0 Å². The van der Waals surface area contributed by atoms with E-state index < -0.39 is 5.91 Å². The summed E-state index contributed by atoms with van der Waals surface area (Å²) in [5.41, 5.74) is 5.59. The van der Waals surface area contributed by atoms with Crippen LogP contribution in [0.4, 0.5) is 0 Å². The first-order valence-electron chi connectivity index (χ1n) is 6.17. The summed E-state index contributed by atoms with van der Waals surface area (Å²) < 4.78 is 11.0. The van der Waals surface area contributed by atoms with Gasteiger partial charge in [0.15, 0.2) is 5.75 Å². The quantitative estimate of drug-likeness (QED) is 0.826. The molecule has 4 nitrogen and oxygen atoms in total. The number of hydrogen-bond acceptors (Lipinski definition) is 3. The van der Waals surface area contributed by atoms with Crippen molar-refractivity contribution in [3.63, 3.8) is 0 Å². The largest absolute Gasteiger partial charge is 0.490 e. The van der Waals surface area contributed by atoms with Crippen LogP contribution in [0.15, 0.2) is 42.5 Å². The molecule has 2 N–H and O–H groups in total. The van der Waals surface area contributed by atoms with E-state index in [4.69, 9.17) is 38.4 Å². The molecule has 1 amide bonds. The molecule has 2 aromatic rings. The molecular formula is C15H13Cl2NO3. The Hall–Kier alpha value is -1.91. The number of primary amides is 1. The number of carbonyl (C=O) groups is 1. The first-order valence-corrected chi connectivity index (χ1v) is 6.93. The van der Waals surface area contributed by atoms with Gasteiger partial charge in [0.05, 0.1) is 10.0 Å². The average Bonchev–Trinajstić information content (AvgIpc) is 2.46. The maximum atomic E-state index is 10.9. The molecule has 0 bridgehead atoms. The van der Waals surface area contributed by atoms with Gasteiger partial charge in [0, 0.05) is 5.56 Å². The molecule has 0 aliphatic carbocycles. The number of benzene rings is 2. The van der Waals surface area contributed by atoms with E-state index in [0.717, 1.165) is 0 Å². The minimum absolute atomic E-state index is 0.293. The molecule has 0 aromatic heterocycles. The summed E-state index contributed by atoms with van der Waals surface area (Å²) in [5.74, 6) is 0.584. The van der Waals surface area contributed by atoms with Crippen LogP contribution in [0.2, 0.25) is 10.0 Å². The molecule has 110 valence electrons. The van der Waals surface area contributed by atoms with Crippen molar-refractivity contribution in [3.8, 4) is 11.5 Å². The number of nitrogens with two attached hydrogens (primary N) is 1. The highest BCUT2D eigenvalue weighted by molar-refractivity contribution is 6.37. The Kier molecular flexibility index (Phi) is 5.31. The van der Waals surface area contributed by atoms with Gasteiger partial charge in [-0.1, -0.05) is 29.3 Å². The minimum atomic E-state index is -0.474. The van der Waals surface area contributed by atoms with E-state index in [9.17, 15) is 4.79 Å². The molecule has 0 atom stereocenters. The molecular weight excluding hydrogens is 313 g/mol. The number of carbonyl (C=O) groups excluding carboxylic acids is 1. The summed E-state index contributed by atoms with van der Waals surface area (Å²) in [7, 11) is 0. The molecule has 0 fully saturated rings. The number of amides is 1. The number of para-hydroxylation sites is 1. The third-order valence-electron chi connectivity index (χ3n) is 2.66. The molecule has 0 saturated carbocycles. The Morgan fingerprint density at radius 2 is 1.52 bits per heavy atom. The lowest BCUT2D eigenvalue weighted by atomic mass is 10.2. The second kappa shape index (κ2) is 7.20. The highest BCUT2D eigenvalue weighted by Gasteiger charge is 2.06. The molecule has 0 heterocycles. The molecule has 2 aromatic carbocycles. The van der Waals surface area contributed by atoms with Crippen LogP contribution in [0.25, 0.3) is 0 Å². The van der Waals surface area contributed by atoms with Gasteiger partial charge in [-0.2, -0.15) is 0 Å². The van der Waals surface area contributed by atoms with Crippen molar-refractivity contribution >= 4 is 29.1 Å². The zero-order valence-corrected chi connectivity index (χ0v) is 12.5. The highest BCUT2D eigenvalue weighted by Crippen LogP contribution is 2.32. The third kappa shape index (κ3) is 4.28. The van der Waals surface area contributed by atoms with E-state index in [-0.39, 0.29) is 0 Å². The van der Waals surface area contributed by atoms with Gasteiger partial charge in [-0.05, 0) is 36.4 Å². The van der Waals surface area contributed by atoms with Crippen molar-refractivity contribution < 1.29 is 14.3 Å². The highest BCUT2D eigenvalue weighted by atomic mass is 35.5. The molecule has 0 aliphatic heterocycles. The summed E-state index contributed by atoms with van der Waals surface area (Å²) in [4.78, 5) is 10.9. The Bertz CT molecular complexity index is 609. The molecule has 0 unspecified atom stereocenters. The van der Waals surface area contributed by atoms with Gasteiger partial charge in [-0.25, -0.2) is 0 Å². The van der Waals surface area contributed by atoms with Gasteiger partial charge in [0.2, 0.25) is 5.91 Å². The van der Waals surface area contributed by atoms with E-state index in [1.165, 1.54) is 0 Å². The summed E-state index contributed by atoms with van der Waals surface area (Å²) in [5, 5.41) is 0.904. The third-order valence-corrected chi connectivity index (χ3v) is 3.25.